The second-order valence-electron chi connectivity index (χ2n) is 6.45. The Morgan fingerprint density at radius 2 is 1.88 bits per heavy atom. The Morgan fingerprint density at radius 3 is 2.54 bits per heavy atom. The predicted molar refractivity (Wildman–Crippen MR) is 102 cm³/mol. The van der Waals surface area contributed by atoms with Crippen molar-refractivity contribution >= 4 is 23.2 Å². The maximum Gasteiger partial charge on any atom is 0.234 e. The Balaban J connectivity index is 1.37. The first kappa shape index (κ1) is 18.5. The van der Waals surface area contributed by atoms with Gasteiger partial charge in [0.2, 0.25) is 11.8 Å². The Hall–Kier alpha value is -2.25. The van der Waals surface area contributed by atoms with Crippen molar-refractivity contribution in [3.05, 3.63) is 52.0 Å². The number of carbonyl (C=O) groups is 2. The van der Waals surface area contributed by atoms with Crippen molar-refractivity contribution in [3.63, 3.8) is 0 Å². The number of piperazine rings is 1. The Morgan fingerprint density at radius 1 is 1.15 bits per heavy atom. The van der Waals surface area contributed by atoms with Crippen LogP contribution in [-0.2, 0) is 22.6 Å². The molecule has 1 saturated heterocycles. The van der Waals surface area contributed by atoms with Crippen molar-refractivity contribution in [2.45, 2.75) is 19.9 Å². The van der Waals surface area contributed by atoms with Crippen molar-refractivity contribution < 1.29 is 9.59 Å². The third-order valence-electron chi connectivity index (χ3n) is 4.42. The van der Waals surface area contributed by atoms with E-state index in [1.165, 1.54) is 0 Å². The summed E-state index contributed by atoms with van der Waals surface area (Å²) < 4.78 is 0. The minimum atomic E-state index is 0.0200. The van der Waals surface area contributed by atoms with Crippen LogP contribution in [0.1, 0.15) is 16.3 Å². The van der Waals surface area contributed by atoms with Gasteiger partial charge in [0.25, 0.3) is 0 Å². The molecular formula is C19H24N4O2S. The fourth-order valence-electron chi connectivity index (χ4n) is 2.97. The molecule has 1 aliphatic heterocycles. The van der Waals surface area contributed by atoms with E-state index in [9.17, 15) is 9.59 Å². The van der Waals surface area contributed by atoms with Gasteiger partial charge >= 0.3 is 0 Å². The van der Waals surface area contributed by atoms with Gasteiger partial charge in [0.1, 0.15) is 0 Å². The van der Waals surface area contributed by atoms with Crippen molar-refractivity contribution in [2.24, 2.45) is 0 Å². The van der Waals surface area contributed by atoms with E-state index in [4.69, 9.17) is 0 Å². The fraction of sp³-hybridized carbons (Fsp3) is 0.421. The van der Waals surface area contributed by atoms with Crippen LogP contribution in [0.25, 0.3) is 0 Å². The molecule has 2 aromatic rings. The highest BCUT2D eigenvalue weighted by atomic mass is 32.1. The minimum Gasteiger partial charge on any atom is -0.351 e. The summed E-state index contributed by atoms with van der Waals surface area (Å²) in [6.07, 6.45) is 0.363. The summed E-state index contributed by atoms with van der Waals surface area (Å²) >= 11 is 1.57. The standard InChI is InChI=1S/C19H24N4O2S/c1-15-21-17(14-26-15)11-19(25)23-9-7-22(8-10-23)13-18(24)20-12-16-5-3-2-4-6-16/h2-6,14H,7-13H2,1H3,(H,20,24). The Kier molecular flexibility index (Phi) is 6.35. The van der Waals surface area contributed by atoms with Gasteiger partial charge in [0.15, 0.2) is 0 Å². The molecule has 0 atom stereocenters. The van der Waals surface area contributed by atoms with E-state index in [0.29, 0.717) is 32.6 Å². The molecule has 7 heteroatoms. The van der Waals surface area contributed by atoms with E-state index >= 15 is 0 Å². The molecule has 1 N–H and O–H groups in total. The van der Waals surface area contributed by atoms with E-state index < -0.39 is 0 Å². The van der Waals surface area contributed by atoms with Crippen LogP contribution in [0.3, 0.4) is 0 Å². The molecule has 1 fully saturated rings. The lowest BCUT2D eigenvalue weighted by Gasteiger charge is -2.34. The molecule has 1 aliphatic rings. The van der Waals surface area contributed by atoms with Gasteiger partial charge < -0.3 is 10.2 Å². The van der Waals surface area contributed by atoms with Gasteiger partial charge in [-0.1, -0.05) is 30.3 Å². The smallest absolute Gasteiger partial charge is 0.234 e. The maximum atomic E-state index is 12.4. The first-order chi connectivity index (χ1) is 12.6. The number of hydrogen-bond donors (Lipinski definition) is 1. The van der Waals surface area contributed by atoms with E-state index in [1.54, 1.807) is 11.3 Å². The average molecular weight is 372 g/mol. The van der Waals surface area contributed by atoms with Gasteiger partial charge in [-0.15, -0.1) is 11.3 Å². The summed E-state index contributed by atoms with van der Waals surface area (Å²) in [6, 6.07) is 9.88. The highest BCUT2D eigenvalue weighted by Crippen LogP contribution is 2.11. The number of thiazole rings is 1. The Labute approximate surface area is 157 Å². The van der Waals surface area contributed by atoms with Gasteiger partial charge in [0.05, 0.1) is 23.7 Å². The molecule has 1 aromatic carbocycles. The quantitative estimate of drug-likeness (QED) is 0.834. The zero-order valence-electron chi connectivity index (χ0n) is 15.0. The third-order valence-corrected chi connectivity index (χ3v) is 5.25. The molecule has 6 nitrogen and oxygen atoms in total. The molecule has 138 valence electrons. The molecule has 2 heterocycles. The van der Waals surface area contributed by atoms with Crippen molar-refractivity contribution in [1.82, 2.24) is 20.1 Å². The van der Waals surface area contributed by atoms with E-state index in [1.807, 2.05) is 47.5 Å². The summed E-state index contributed by atoms with van der Waals surface area (Å²) in [5.74, 6) is 0.134. The number of rotatable bonds is 6. The number of aromatic nitrogens is 1. The summed E-state index contributed by atoms with van der Waals surface area (Å²) in [5.41, 5.74) is 1.94. The van der Waals surface area contributed by atoms with Crippen LogP contribution in [-0.4, -0.2) is 59.3 Å². The first-order valence-electron chi connectivity index (χ1n) is 8.82. The van der Waals surface area contributed by atoms with Crippen LogP contribution in [0.5, 0.6) is 0 Å². The number of benzene rings is 1. The van der Waals surface area contributed by atoms with E-state index in [2.05, 4.69) is 15.2 Å². The van der Waals surface area contributed by atoms with Crippen LogP contribution < -0.4 is 5.32 Å². The zero-order valence-corrected chi connectivity index (χ0v) is 15.8. The number of nitrogens with zero attached hydrogens (tertiary/aromatic N) is 3. The molecule has 0 spiro atoms. The number of hydrogen-bond acceptors (Lipinski definition) is 5. The number of aryl methyl sites for hydroxylation is 1. The van der Waals surface area contributed by atoms with Gasteiger partial charge in [-0.05, 0) is 12.5 Å². The highest BCUT2D eigenvalue weighted by Gasteiger charge is 2.22. The fourth-order valence-corrected chi connectivity index (χ4v) is 3.58. The van der Waals surface area contributed by atoms with Crippen LogP contribution in [0.15, 0.2) is 35.7 Å². The monoisotopic (exact) mass is 372 g/mol. The molecule has 0 radical (unpaired) electrons. The normalized spacial score (nSPS) is 15.0. The third kappa shape index (κ3) is 5.37. The zero-order chi connectivity index (χ0) is 18.4. The second kappa shape index (κ2) is 8.91. The van der Waals surface area contributed by atoms with Crippen molar-refractivity contribution in [2.75, 3.05) is 32.7 Å². The Bertz CT molecular complexity index is 739. The van der Waals surface area contributed by atoms with Crippen LogP contribution in [0.4, 0.5) is 0 Å². The van der Waals surface area contributed by atoms with E-state index in [-0.39, 0.29) is 11.8 Å². The second-order valence-corrected chi connectivity index (χ2v) is 7.52. The van der Waals surface area contributed by atoms with Crippen LogP contribution in [0.2, 0.25) is 0 Å². The molecule has 2 amide bonds. The highest BCUT2D eigenvalue weighted by molar-refractivity contribution is 7.09. The molecule has 0 saturated carbocycles. The molecule has 0 bridgehead atoms. The molecule has 0 unspecified atom stereocenters. The van der Waals surface area contributed by atoms with E-state index in [0.717, 1.165) is 29.4 Å². The molecule has 26 heavy (non-hydrogen) atoms. The largest absolute Gasteiger partial charge is 0.351 e. The first-order valence-corrected chi connectivity index (χ1v) is 9.70. The van der Waals surface area contributed by atoms with Crippen LogP contribution in [0, 0.1) is 6.92 Å². The van der Waals surface area contributed by atoms with Gasteiger partial charge in [-0.2, -0.15) is 0 Å². The topological polar surface area (TPSA) is 65.5 Å². The predicted octanol–water partition coefficient (Wildman–Crippen LogP) is 1.45. The van der Waals surface area contributed by atoms with Crippen LogP contribution >= 0.6 is 11.3 Å². The molecule has 0 aliphatic carbocycles. The molecule has 3 rings (SSSR count). The molecule has 1 aromatic heterocycles. The number of amides is 2. The lowest BCUT2D eigenvalue weighted by molar-refractivity contribution is -0.132. The maximum absolute atomic E-state index is 12.4. The lowest BCUT2D eigenvalue weighted by atomic mass is 10.2. The van der Waals surface area contributed by atoms with Gasteiger partial charge in [-0.25, -0.2) is 4.98 Å². The van der Waals surface area contributed by atoms with Crippen molar-refractivity contribution in [1.29, 1.82) is 0 Å². The molecular weight excluding hydrogens is 348 g/mol. The number of carbonyl (C=O) groups excluding carboxylic acids is 2. The van der Waals surface area contributed by atoms with Gasteiger partial charge in [-0.3, -0.25) is 14.5 Å². The SMILES string of the molecule is Cc1nc(CC(=O)N2CCN(CC(=O)NCc3ccccc3)CC2)cs1. The summed E-state index contributed by atoms with van der Waals surface area (Å²) in [7, 11) is 0. The minimum absolute atomic E-state index is 0.0200. The lowest BCUT2D eigenvalue weighted by Crippen LogP contribution is -2.51. The average Bonchev–Trinajstić information content (AvgIpc) is 3.06. The summed E-state index contributed by atoms with van der Waals surface area (Å²) in [5, 5.41) is 5.88. The summed E-state index contributed by atoms with van der Waals surface area (Å²) in [4.78, 5) is 32.8. The number of nitrogens with one attached hydrogen (secondary N) is 1. The van der Waals surface area contributed by atoms with Gasteiger partial charge in [0, 0.05) is 38.1 Å². The summed E-state index contributed by atoms with van der Waals surface area (Å²) in [6.45, 7) is 5.63. The van der Waals surface area contributed by atoms with Crippen molar-refractivity contribution in [3.8, 4) is 0 Å².